The van der Waals surface area contributed by atoms with Crippen molar-refractivity contribution in [3.8, 4) is 10.8 Å². The van der Waals surface area contributed by atoms with Gasteiger partial charge in [-0.25, -0.2) is 9.97 Å². The molecule has 0 spiro atoms. The Balaban J connectivity index is 2.21. The van der Waals surface area contributed by atoms with E-state index in [2.05, 4.69) is 21.9 Å². The molecule has 0 fully saturated rings. The Morgan fingerprint density at radius 2 is 2.40 bits per heavy atom. The summed E-state index contributed by atoms with van der Waals surface area (Å²) in [5, 5.41) is 3.39. The largest absolute Gasteiger partial charge is 0.339 e. The highest BCUT2D eigenvalue weighted by Gasteiger charge is 2.10. The lowest BCUT2D eigenvalue weighted by Gasteiger charge is -1.94. The number of H-pyrrole nitrogens is 1. The van der Waals surface area contributed by atoms with E-state index in [1.165, 1.54) is 0 Å². The van der Waals surface area contributed by atoms with Gasteiger partial charge in [0.05, 0.1) is 5.69 Å². The molecule has 0 aliphatic rings. The van der Waals surface area contributed by atoms with Gasteiger partial charge in [-0.2, -0.15) is 0 Å². The smallest absolute Gasteiger partial charge is 0.168 e. The van der Waals surface area contributed by atoms with Crippen molar-refractivity contribution < 1.29 is 0 Å². The van der Waals surface area contributed by atoms with Gasteiger partial charge in [-0.1, -0.05) is 24.9 Å². The molecule has 0 radical (unpaired) electrons. The molecule has 2 aromatic heterocycles. The van der Waals surface area contributed by atoms with Crippen LogP contribution in [-0.4, -0.2) is 15.0 Å². The Bertz CT molecular complexity index is 422. The van der Waals surface area contributed by atoms with E-state index in [1.54, 1.807) is 17.5 Å². The fraction of sp³-hybridized carbons (Fsp3) is 0.400. The van der Waals surface area contributed by atoms with Crippen molar-refractivity contribution in [2.24, 2.45) is 0 Å². The zero-order valence-corrected chi connectivity index (χ0v) is 10.0. The van der Waals surface area contributed by atoms with Crippen molar-refractivity contribution >= 4 is 22.9 Å². The average Bonchev–Trinajstić information content (AvgIpc) is 2.83. The second-order valence-corrected chi connectivity index (χ2v) is 4.55. The summed E-state index contributed by atoms with van der Waals surface area (Å²) >= 11 is 7.59. The first-order valence-electron chi connectivity index (χ1n) is 4.95. The van der Waals surface area contributed by atoms with Crippen molar-refractivity contribution in [3.63, 3.8) is 0 Å². The number of unbranched alkanes of at least 4 members (excludes halogenated alkanes) is 1. The predicted octanol–water partition coefficient (Wildman–Crippen LogP) is 3.53. The topological polar surface area (TPSA) is 41.6 Å². The summed E-state index contributed by atoms with van der Waals surface area (Å²) in [6.45, 7) is 2.16. The van der Waals surface area contributed by atoms with E-state index in [-0.39, 0.29) is 0 Å². The third-order valence-electron chi connectivity index (χ3n) is 2.14. The lowest BCUT2D eigenvalue weighted by Crippen LogP contribution is -1.85. The van der Waals surface area contributed by atoms with Crippen LogP contribution in [0.2, 0.25) is 5.15 Å². The van der Waals surface area contributed by atoms with Gasteiger partial charge in [-0.3, -0.25) is 0 Å². The number of nitrogens with zero attached hydrogens (tertiary/aromatic N) is 2. The van der Waals surface area contributed by atoms with Gasteiger partial charge in [-0.05, 0) is 12.8 Å². The van der Waals surface area contributed by atoms with Crippen LogP contribution >= 0.6 is 22.9 Å². The number of nitrogens with one attached hydrogen (secondary N) is 1. The third-order valence-corrected chi connectivity index (χ3v) is 3.24. The summed E-state index contributed by atoms with van der Waals surface area (Å²) in [5.74, 6) is 0.779. The van der Waals surface area contributed by atoms with Crippen LogP contribution in [0.3, 0.4) is 0 Å². The summed E-state index contributed by atoms with van der Waals surface area (Å²) in [4.78, 5) is 11.7. The number of imidazole rings is 1. The molecule has 15 heavy (non-hydrogen) atoms. The highest BCUT2D eigenvalue weighted by Crippen LogP contribution is 2.23. The zero-order chi connectivity index (χ0) is 10.7. The second-order valence-electron chi connectivity index (χ2n) is 3.30. The number of halogens is 1. The molecule has 0 atom stereocenters. The van der Waals surface area contributed by atoms with E-state index in [1.807, 2.05) is 5.38 Å². The average molecular weight is 242 g/mol. The number of aryl methyl sites for hydroxylation is 1. The van der Waals surface area contributed by atoms with Crippen LogP contribution in [0.15, 0.2) is 11.6 Å². The molecular weight excluding hydrogens is 230 g/mol. The molecule has 0 aliphatic carbocycles. The van der Waals surface area contributed by atoms with E-state index in [0.29, 0.717) is 5.15 Å². The Morgan fingerprint density at radius 3 is 3.07 bits per heavy atom. The molecule has 0 aromatic carbocycles. The molecule has 0 bridgehead atoms. The third kappa shape index (κ3) is 2.38. The maximum Gasteiger partial charge on any atom is 0.168 e. The molecule has 5 heteroatoms. The molecule has 0 saturated heterocycles. The first-order chi connectivity index (χ1) is 7.31. The highest BCUT2D eigenvalue weighted by molar-refractivity contribution is 7.13. The first-order valence-corrected chi connectivity index (χ1v) is 6.21. The predicted molar refractivity (Wildman–Crippen MR) is 63.3 cm³/mol. The lowest BCUT2D eigenvalue weighted by atomic mass is 10.2. The van der Waals surface area contributed by atoms with Gasteiger partial charge in [-0.15, -0.1) is 11.3 Å². The van der Waals surface area contributed by atoms with E-state index in [0.717, 1.165) is 35.8 Å². The molecule has 2 heterocycles. The normalized spacial score (nSPS) is 10.8. The highest BCUT2D eigenvalue weighted by atomic mass is 35.5. The summed E-state index contributed by atoms with van der Waals surface area (Å²) < 4.78 is 0. The maximum atomic E-state index is 6.03. The Kier molecular flexibility index (Phi) is 3.38. The molecular formula is C10H12ClN3S. The van der Waals surface area contributed by atoms with Gasteiger partial charge in [0.25, 0.3) is 0 Å². The summed E-state index contributed by atoms with van der Waals surface area (Å²) in [5.41, 5.74) is 1.02. The van der Waals surface area contributed by atoms with E-state index in [4.69, 9.17) is 11.6 Å². The number of aromatic amines is 1. The van der Waals surface area contributed by atoms with Gasteiger partial charge in [0, 0.05) is 11.6 Å². The first kappa shape index (κ1) is 10.6. The van der Waals surface area contributed by atoms with Crippen LogP contribution in [0.25, 0.3) is 10.8 Å². The molecule has 0 amide bonds. The van der Waals surface area contributed by atoms with E-state index in [9.17, 15) is 0 Å². The monoisotopic (exact) mass is 241 g/mol. The van der Waals surface area contributed by atoms with Crippen LogP contribution in [0.1, 0.15) is 25.5 Å². The molecule has 80 valence electrons. The van der Waals surface area contributed by atoms with Crippen LogP contribution in [0.4, 0.5) is 0 Å². The molecule has 0 saturated carbocycles. The minimum Gasteiger partial charge on any atom is -0.339 e. The molecule has 3 nitrogen and oxygen atoms in total. The van der Waals surface area contributed by atoms with Gasteiger partial charge in [0.1, 0.15) is 0 Å². The standard InChI is InChI=1S/C10H12ClN3S/c1-2-3-4-7-8(11)14-9(13-7)10-12-5-6-15-10/h5-6H,2-4H2,1H3,(H,13,14). The molecule has 2 rings (SSSR count). The van der Waals surface area contributed by atoms with Crippen molar-refractivity contribution in [1.29, 1.82) is 0 Å². The van der Waals surface area contributed by atoms with Crippen molar-refractivity contribution in [2.45, 2.75) is 26.2 Å². The Morgan fingerprint density at radius 1 is 1.53 bits per heavy atom. The molecule has 0 unspecified atom stereocenters. The summed E-state index contributed by atoms with van der Waals surface area (Å²) in [7, 11) is 0. The second kappa shape index (κ2) is 4.77. The van der Waals surface area contributed by atoms with Crippen molar-refractivity contribution in [2.75, 3.05) is 0 Å². The van der Waals surface area contributed by atoms with Crippen LogP contribution in [-0.2, 0) is 6.42 Å². The minimum absolute atomic E-state index is 0.577. The number of aromatic nitrogens is 3. The fourth-order valence-corrected chi connectivity index (χ4v) is 2.16. The quantitative estimate of drug-likeness (QED) is 0.890. The summed E-state index contributed by atoms with van der Waals surface area (Å²) in [6, 6.07) is 0. The van der Waals surface area contributed by atoms with Gasteiger partial charge in [0.15, 0.2) is 16.0 Å². The van der Waals surface area contributed by atoms with E-state index >= 15 is 0 Å². The SMILES string of the molecule is CCCCc1[nH]c(-c2nccs2)nc1Cl. The van der Waals surface area contributed by atoms with Gasteiger partial charge >= 0.3 is 0 Å². The van der Waals surface area contributed by atoms with Gasteiger partial charge in [0.2, 0.25) is 0 Å². The van der Waals surface area contributed by atoms with Crippen molar-refractivity contribution in [3.05, 3.63) is 22.4 Å². The number of hydrogen-bond acceptors (Lipinski definition) is 3. The molecule has 0 aliphatic heterocycles. The zero-order valence-electron chi connectivity index (χ0n) is 8.46. The fourth-order valence-electron chi connectivity index (χ4n) is 1.35. The lowest BCUT2D eigenvalue weighted by molar-refractivity contribution is 0.781. The Labute approximate surface area is 97.5 Å². The van der Waals surface area contributed by atoms with Gasteiger partial charge < -0.3 is 4.98 Å². The number of hydrogen-bond donors (Lipinski definition) is 1. The van der Waals surface area contributed by atoms with Crippen LogP contribution in [0.5, 0.6) is 0 Å². The minimum atomic E-state index is 0.577. The molecule has 2 aromatic rings. The van der Waals surface area contributed by atoms with E-state index < -0.39 is 0 Å². The Hall–Kier alpha value is -0.870. The number of rotatable bonds is 4. The number of thiazole rings is 1. The molecule has 1 N–H and O–H groups in total. The summed E-state index contributed by atoms with van der Waals surface area (Å²) in [6.07, 6.45) is 5.00. The van der Waals surface area contributed by atoms with Crippen molar-refractivity contribution in [1.82, 2.24) is 15.0 Å². The van der Waals surface area contributed by atoms with Crippen LogP contribution < -0.4 is 0 Å². The van der Waals surface area contributed by atoms with Crippen LogP contribution in [0, 0.1) is 0 Å². The maximum absolute atomic E-state index is 6.03.